The summed E-state index contributed by atoms with van der Waals surface area (Å²) in [5.41, 5.74) is 2.20. The van der Waals surface area contributed by atoms with Gasteiger partial charge in [-0.25, -0.2) is 4.39 Å². The Morgan fingerprint density at radius 3 is 2.86 bits per heavy atom. The second-order valence-electron chi connectivity index (χ2n) is 7.66. The number of rotatable bonds is 0. The molecule has 0 saturated heterocycles. The molecule has 6 atom stereocenters. The highest BCUT2D eigenvalue weighted by molar-refractivity contribution is 9.09. The van der Waals surface area contributed by atoms with Gasteiger partial charge in [0.2, 0.25) is 0 Å². The molecule has 120 valence electrons. The van der Waals surface area contributed by atoms with Gasteiger partial charge in [-0.3, -0.25) is 0 Å². The van der Waals surface area contributed by atoms with Gasteiger partial charge in [0.1, 0.15) is 0 Å². The first-order valence-electron chi connectivity index (χ1n) is 8.25. The van der Waals surface area contributed by atoms with E-state index in [1.807, 2.05) is 0 Å². The molecule has 22 heavy (non-hydrogen) atoms. The second kappa shape index (κ2) is 4.94. The predicted octanol–water partition coefficient (Wildman–Crippen LogP) is 4.12. The van der Waals surface area contributed by atoms with E-state index in [1.165, 1.54) is 0 Å². The van der Waals surface area contributed by atoms with Gasteiger partial charge in [0.05, 0.1) is 6.10 Å². The summed E-state index contributed by atoms with van der Waals surface area (Å²) in [6.45, 7) is 2.23. The van der Waals surface area contributed by atoms with Gasteiger partial charge in [0, 0.05) is 4.83 Å². The number of phenols is 1. The van der Waals surface area contributed by atoms with E-state index in [9.17, 15) is 14.6 Å². The lowest BCUT2D eigenvalue weighted by Crippen LogP contribution is -2.44. The zero-order chi connectivity index (χ0) is 15.6. The number of aliphatic hydroxyl groups excluding tert-OH is 1. The molecule has 0 heterocycles. The summed E-state index contributed by atoms with van der Waals surface area (Å²) in [7, 11) is 0. The van der Waals surface area contributed by atoms with Gasteiger partial charge in [-0.1, -0.05) is 22.9 Å². The van der Waals surface area contributed by atoms with E-state index in [4.69, 9.17) is 0 Å². The van der Waals surface area contributed by atoms with Crippen LogP contribution in [0.3, 0.4) is 0 Å². The number of aryl methyl sites for hydroxylation is 1. The van der Waals surface area contributed by atoms with Crippen LogP contribution in [0, 0.1) is 23.1 Å². The van der Waals surface area contributed by atoms with Gasteiger partial charge in [-0.2, -0.15) is 0 Å². The molecule has 3 aliphatic rings. The number of hydrogen-bond acceptors (Lipinski definition) is 2. The Bertz CT molecular complexity index is 619. The minimum Gasteiger partial charge on any atom is -0.505 e. The fourth-order valence-electron chi connectivity index (χ4n) is 5.52. The molecule has 2 nitrogen and oxygen atoms in total. The highest BCUT2D eigenvalue weighted by Gasteiger charge is 2.57. The minimum absolute atomic E-state index is 0.0116. The Labute approximate surface area is 138 Å². The maximum atomic E-state index is 13.8. The summed E-state index contributed by atoms with van der Waals surface area (Å²) in [6.07, 6.45) is 4.70. The van der Waals surface area contributed by atoms with Crippen molar-refractivity contribution >= 4 is 15.9 Å². The van der Waals surface area contributed by atoms with Crippen LogP contribution in [0.4, 0.5) is 4.39 Å². The van der Waals surface area contributed by atoms with Crippen molar-refractivity contribution in [3.63, 3.8) is 0 Å². The van der Waals surface area contributed by atoms with E-state index >= 15 is 0 Å². The molecule has 2 saturated carbocycles. The molecule has 3 aliphatic carbocycles. The Morgan fingerprint density at radius 2 is 2.09 bits per heavy atom. The summed E-state index contributed by atoms with van der Waals surface area (Å²) in [5, 5.41) is 20.2. The number of phenolic OH excluding ortho intramolecular Hbond substituents is 1. The third-order valence-corrected chi connectivity index (χ3v) is 7.60. The number of hydrogen-bond donors (Lipinski definition) is 2. The third kappa shape index (κ3) is 1.92. The Hall–Kier alpha value is -0.610. The van der Waals surface area contributed by atoms with Gasteiger partial charge in [-0.05, 0) is 78.5 Å². The van der Waals surface area contributed by atoms with E-state index in [0.29, 0.717) is 17.8 Å². The van der Waals surface area contributed by atoms with Gasteiger partial charge in [0.15, 0.2) is 11.6 Å². The molecule has 2 fully saturated rings. The SMILES string of the molecule is C[C@]12CC[C@@H]3c4cc(F)c(O)cc4CC[C@H]3[C@@H]1C[C@@H](Br)[C@@H]2O. The summed E-state index contributed by atoms with van der Waals surface area (Å²) in [4.78, 5) is 0.180. The average molecular weight is 369 g/mol. The lowest BCUT2D eigenvalue weighted by molar-refractivity contribution is -0.0213. The molecule has 0 amide bonds. The molecule has 0 aliphatic heterocycles. The first-order valence-corrected chi connectivity index (χ1v) is 9.17. The Kier molecular flexibility index (Phi) is 3.36. The van der Waals surface area contributed by atoms with Gasteiger partial charge >= 0.3 is 0 Å². The number of fused-ring (bicyclic) bond motifs is 5. The van der Waals surface area contributed by atoms with Crippen molar-refractivity contribution in [2.24, 2.45) is 17.3 Å². The van der Waals surface area contributed by atoms with Crippen LogP contribution in [-0.4, -0.2) is 21.1 Å². The molecule has 0 spiro atoms. The van der Waals surface area contributed by atoms with E-state index < -0.39 is 5.82 Å². The molecule has 1 aromatic rings. The van der Waals surface area contributed by atoms with E-state index in [0.717, 1.165) is 43.2 Å². The maximum Gasteiger partial charge on any atom is 0.165 e. The monoisotopic (exact) mass is 368 g/mol. The zero-order valence-electron chi connectivity index (χ0n) is 12.7. The van der Waals surface area contributed by atoms with Crippen LogP contribution in [0.2, 0.25) is 0 Å². The maximum absolute atomic E-state index is 13.8. The van der Waals surface area contributed by atoms with E-state index in [1.54, 1.807) is 12.1 Å². The van der Waals surface area contributed by atoms with Crippen LogP contribution in [0.25, 0.3) is 0 Å². The number of halogens is 2. The summed E-state index contributed by atoms with van der Waals surface area (Å²) < 4.78 is 13.8. The van der Waals surface area contributed by atoms with Crippen molar-refractivity contribution in [1.29, 1.82) is 0 Å². The van der Waals surface area contributed by atoms with Crippen LogP contribution in [0.1, 0.15) is 49.7 Å². The Balaban J connectivity index is 1.73. The first kappa shape index (κ1) is 14.9. The van der Waals surface area contributed by atoms with Crippen LogP contribution < -0.4 is 0 Å². The Morgan fingerprint density at radius 1 is 1.32 bits per heavy atom. The topological polar surface area (TPSA) is 40.5 Å². The average Bonchev–Trinajstić information content (AvgIpc) is 2.72. The van der Waals surface area contributed by atoms with Crippen molar-refractivity contribution in [1.82, 2.24) is 0 Å². The molecular formula is C18H22BrFO2. The standard InChI is InChI=1S/C18H22BrFO2/c1-18-5-4-10-11(13(18)8-14(19)17(18)22)3-2-9-6-16(21)15(20)7-12(9)10/h6-7,10-11,13-14,17,21-22H,2-5,8H2,1H3/t10-,11+,13-,14+,17-,18-/m0/s1. The fraction of sp³-hybridized carbons (Fsp3) is 0.667. The third-order valence-electron chi connectivity index (χ3n) is 6.73. The van der Waals surface area contributed by atoms with E-state index in [-0.39, 0.29) is 22.1 Å². The van der Waals surface area contributed by atoms with Gasteiger partial charge in [0.25, 0.3) is 0 Å². The largest absolute Gasteiger partial charge is 0.505 e. The van der Waals surface area contributed by atoms with Crippen LogP contribution in [-0.2, 0) is 6.42 Å². The molecule has 0 unspecified atom stereocenters. The second-order valence-corrected chi connectivity index (χ2v) is 8.84. The van der Waals surface area contributed by atoms with Crippen LogP contribution in [0.5, 0.6) is 5.75 Å². The number of alkyl halides is 1. The van der Waals surface area contributed by atoms with Gasteiger partial charge < -0.3 is 10.2 Å². The lowest BCUT2D eigenvalue weighted by Gasteiger charge is -2.50. The summed E-state index contributed by atoms with van der Waals surface area (Å²) in [5.74, 6) is 0.664. The highest BCUT2D eigenvalue weighted by atomic mass is 79.9. The predicted molar refractivity (Wildman–Crippen MR) is 86.8 cm³/mol. The molecular weight excluding hydrogens is 347 g/mol. The number of aliphatic hydroxyl groups is 1. The van der Waals surface area contributed by atoms with Crippen LogP contribution in [0.15, 0.2) is 12.1 Å². The first-order chi connectivity index (χ1) is 10.4. The molecule has 1 aromatic carbocycles. The zero-order valence-corrected chi connectivity index (χ0v) is 14.3. The normalized spacial score (nSPS) is 43.4. The number of aromatic hydroxyl groups is 1. The lowest BCUT2D eigenvalue weighted by atomic mass is 9.55. The molecule has 0 aromatic heterocycles. The minimum atomic E-state index is -0.502. The van der Waals surface area contributed by atoms with Crippen molar-refractivity contribution in [2.75, 3.05) is 0 Å². The van der Waals surface area contributed by atoms with E-state index in [2.05, 4.69) is 22.9 Å². The molecule has 4 rings (SSSR count). The molecule has 0 radical (unpaired) electrons. The molecule has 0 bridgehead atoms. The smallest absolute Gasteiger partial charge is 0.165 e. The molecule has 4 heteroatoms. The quantitative estimate of drug-likeness (QED) is 0.676. The van der Waals surface area contributed by atoms with Crippen molar-refractivity contribution in [3.05, 3.63) is 29.1 Å². The fourth-order valence-corrected chi connectivity index (χ4v) is 6.53. The van der Waals surface area contributed by atoms with Crippen LogP contribution >= 0.6 is 15.9 Å². The van der Waals surface area contributed by atoms with Crippen molar-refractivity contribution in [3.8, 4) is 5.75 Å². The highest BCUT2D eigenvalue weighted by Crippen LogP contribution is 2.62. The molecule has 2 N–H and O–H groups in total. The van der Waals surface area contributed by atoms with Crippen molar-refractivity contribution in [2.45, 2.75) is 55.9 Å². The number of benzene rings is 1. The summed E-state index contributed by atoms with van der Waals surface area (Å²) >= 11 is 3.66. The van der Waals surface area contributed by atoms with Crippen molar-refractivity contribution < 1.29 is 14.6 Å². The van der Waals surface area contributed by atoms with Gasteiger partial charge in [-0.15, -0.1) is 0 Å². The summed E-state index contributed by atoms with van der Waals surface area (Å²) in [6, 6.07) is 3.17.